The van der Waals surface area contributed by atoms with E-state index in [1.54, 1.807) is 26.0 Å². The molecule has 3 nitrogen and oxygen atoms in total. The molecule has 0 atom stereocenters. The molecule has 0 fully saturated rings. The molecule has 1 N–H and O–H groups in total. The van der Waals surface area contributed by atoms with Crippen LogP contribution in [0.3, 0.4) is 0 Å². The normalized spacial score (nSPS) is 11.5. The summed E-state index contributed by atoms with van der Waals surface area (Å²) in [7, 11) is -3.63. The van der Waals surface area contributed by atoms with E-state index in [4.69, 9.17) is 11.6 Å². The van der Waals surface area contributed by atoms with Gasteiger partial charge in [-0.05, 0) is 74.2 Å². The molecule has 112 valence electrons. The minimum atomic E-state index is -3.63. The van der Waals surface area contributed by atoms with Crippen molar-refractivity contribution in [3.8, 4) is 0 Å². The van der Waals surface area contributed by atoms with Crippen molar-refractivity contribution in [1.82, 2.24) is 0 Å². The number of aryl methyl sites for hydroxylation is 4. The summed E-state index contributed by atoms with van der Waals surface area (Å²) in [6, 6.07) is 8.89. The zero-order valence-electron chi connectivity index (χ0n) is 12.5. The van der Waals surface area contributed by atoms with E-state index in [1.165, 1.54) is 0 Å². The van der Waals surface area contributed by atoms with E-state index >= 15 is 0 Å². The summed E-state index contributed by atoms with van der Waals surface area (Å²) in [5, 5.41) is 0.567. The van der Waals surface area contributed by atoms with Crippen molar-refractivity contribution in [1.29, 1.82) is 0 Å². The van der Waals surface area contributed by atoms with E-state index < -0.39 is 10.0 Å². The molecule has 21 heavy (non-hydrogen) atoms. The Labute approximate surface area is 131 Å². The molecule has 0 aliphatic rings. The molecule has 2 aromatic carbocycles. The maximum atomic E-state index is 12.6. The Morgan fingerprint density at radius 1 is 0.857 bits per heavy atom. The topological polar surface area (TPSA) is 46.2 Å². The molecule has 0 saturated heterocycles. The van der Waals surface area contributed by atoms with E-state index in [2.05, 4.69) is 4.72 Å². The van der Waals surface area contributed by atoms with Crippen LogP contribution in [0.15, 0.2) is 35.2 Å². The highest BCUT2D eigenvalue weighted by Crippen LogP contribution is 2.26. The quantitative estimate of drug-likeness (QED) is 0.911. The maximum Gasteiger partial charge on any atom is 0.262 e. The molecule has 0 bridgehead atoms. The fourth-order valence-corrected chi connectivity index (χ4v) is 3.86. The molecular formula is C16H18ClNO2S. The van der Waals surface area contributed by atoms with Crippen LogP contribution in [0.25, 0.3) is 0 Å². The van der Waals surface area contributed by atoms with Gasteiger partial charge < -0.3 is 0 Å². The van der Waals surface area contributed by atoms with Crippen LogP contribution >= 0.6 is 11.6 Å². The van der Waals surface area contributed by atoms with E-state index in [0.717, 1.165) is 16.7 Å². The lowest BCUT2D eigenvalue weighted by atomic mass is 10.1. The molecule has 0 amide bonds. The van der Waals surface area contributed by atoms with Gasteiger partial charge >= 0.3 is 0 Å². The third-order valence-electron chi connectivity index (χ3n) is 3.22. The molecule has 0 radical (unpaired) electrons. The van der Waals surface area contributed by atoms with E-state index in [9.17, 15) is 8.42 Å². The zero-order chi connectivity index (χ0) is 15.8. The molecule has 2 aromatic rings. The first-order valence-corrected chi connectivity index (χ1v) is 8.43. The first-order chi connectivity index (χ1) is 9.69. The third-order valence-corrected chi connectivity index (χ3v) is 5.15. The van der Waals surface area contributed by atoms with Crippen LogP contribution in [0.2, 0.25) is 5.02 Å². The summed E-state index contributed by atoms with van der Waals surface area (Å²) in [5.41, 5.74) is 3.96. The van der Waals surface area contributed by atoms with Gasteiger partial charge in [-0.15, -0.1) is 0 Å². The Morgan fingerprint density at radius 2 is 1.43 bits per heavy atom. The summed E-state index contributed by atoms with van der Waals surface area (Å²) in [4.78, 5) is 0.253. The molecule has 0 aliphatic carbocycles. The Balaban J connectivity index is 2.45. The van der Waals surface area contributed by atoms with E-state index in [1.807, 2.05) is 32.0 Å². The fourth-order valence-electron chi connectivity index (χ4n) is 2.29. The summed E-state index contributed by atoms with van der Waals surface area (Å²) in [5.74, 6) is 0. The minimum absolute atomic E-state index is 0.253. The van der Waals surface area contributed by atoms with Gasteiger partial charge in [-0.3, -0.25) is 4.72 Å². The number of rotatable bonds is 3. The lowest BCUT2D eigenvalue weighted by molar-refractivity contribution is 0.600. The predicted octanol–water partition coefficient (Wildman–Crippen LogP) is 4.37. The van der Waals surface area contributed by atoms with Gasteiger partial charge in [0.05, 0.1) is 4.90 Å². The Morgan fingerprint density at radius 3 is 2.00 bits per heavy atom. The van der Waals surface area contributed by atoms with Crippen LogP contribution in [0.5, 0.6) is 0 Å². The van der Waals surface area contributed by atoms with Crippen molar-refractivity contribution in [3.63, 3.8) is 0 Å². The van der Waals surface area contributed by atoms with Crippen molar-refractivity contribution in [3.05, 3.63) is 57.6 Å². The van der Waals surface area contributed by atoms with Gasteiger partial charge in [0.1, 0.15) is 0 Å². The predicted molar refractivity (Wildman–Crippen MR) is 87.7 cm³/mol. The monoisotopic (exact) mass is 323 g/mol. The molecule has 5 heteroatoms. The smallest absolute Gasteiger partial charge is 0.262 e. The molecule has 2 rings (SSSR count). The van der Waals surface area contributed by atoms with Crippen LogP contribution in [-0.2, 0) is 10.0 Å². The van der Waals surface area contributed by atoms with Gasteiger partial charge in [-0.1, -0.05) is 17.7 Å². The zero-order valence-corrected chi connectivity index (χ0v) is 14.1. The van der Waals surface area contributed by atoms with Crippen molar-refractivity contribution >= 4 is 27.3 Å². The molecule has 0 aromatic heterocycles. The third kappa shape index (κ3) is 3.57. The highest BCUT2D eigenvalue weighted by molar-refractivity contribution is 7.92. The van der Waals surface area contributed by atoms with Gasteiger partial charge in [0, 0.05) is 10.7 Å². The highest BCUT2D eigenvalue weighted by atomic mass is 35.5. The number of halogens is 1. The van der Waals surface area contributed by atoms with Crippen LogP contribution in [0.4, 0.5) is 5.69 Å². The molecule has 0 saturated carbocycles. The van der Waals surface area contributed by atoms with Gasteiger partial charge in [0.15, 0.2) is 0 Å². The van der Waals surface area contributed by atoms with E-state index in [0.29, 0.717) is 16.3 Å². The summed E-state index contributed by atoms with van der Waals surface area (Å²) in [6.45, 7) is 7.39. The number of hydrogen-bond acceptors (Lipinski definition) is 2. The fraction of sp³-hybridized carbons (Fsp3) is 0.250. The second-order valence-corrected chi connectivity index (χ2v) is 7.41. The first-order valence-electron chi connectivity index (χ1n) is 6.57. The van der Waals surface area contributed by atoms with Gasteiger partial charge in [0.2, 0.25) is 0 Å². The molecular weight excluding hydrogens is 306 g/mol. The summed E-state index contributed by atoms with van der Waals surface area (Å²) in [6.07, 6.45) is 0. The minimum Gasteiger partial charge on any atom is -0.280 e. The maximum absolute atomic E-state index is 12.6. The highest BCUT2D eigenvalue weighted by Gasteiger charge is 2.18. The molecule has 0 heterocycles. The lowest BCUT2D eigenvalue weighted by Gasteiger charge is -2.13. The van der Waals surface area contributed by atoms with Crippen molar-refractivity contribution in [2.24, 2.45) is 0 Å². The van der Waals surface area contributed by atoms with E-state index in [-0.39, 0.29) is 4.90 Å². The average molecular weight is 324 g/mol. The van der Waals surface area contributed by atoms with Crippen molar-refractivity contribution in [2.75, 3.05) is 4.72 Å². The van der Waals surface area contributed by atoms with Crippen LogP contribution < -0.4 is 4.72 Å². The second kappa shape index (κ2) is 5.70. The molecule has 0 unspecified atom stereocenters. The van der Waals surface area contributed by atoms with Crippen LogP contribution in [0, 0.1) is 27.7 Å². The van der Waals surface area contributed by atoms with Gasteiger partial charge in [-0.2, -0.15) is 0 Å². The number of anilines is 1. The second-order valence-electron chi connectivity index (χ2n) is 5.35. The Kier molecular flexibility index (Phi) is 4.30. The molecule has 0 spiro atoms. The van der Waals surface area contributed by atoms with Gasteiger partial charge in [0.25, 0.3) is 10.0 Å². The van der Waals surface area contributed by atoms with Gasteiger partial charge in [-0.25, -0.2) is 8.42 Å². The number of benzene rings is 2. The molecule has 0 aliphatic heterocycles. The Hall–Kier alpha value is -1.52. The van der Waals surface area contributed by atoms with Crippen LogP contribution in [0.1, 0.15) is 22.3 Å². The first kappa shape index (κ1) is 15.9. The SMILES string of the molecule is Cc1cc(C)cc(NS(=O)(=O)c2cc(C)c(Cl)cc2C)c1. The number of hydrogen-bond donors (Lipinski definition) is 1. The van der Waals surface area contributed by atoms with Crippen molar-refractivity contribution in [2.45, 2.75) is 32.6 Å². The standard InChI is InChI=1S/C16H18ClNO2S/c1-10-5-11(2)7-14(6-10)18-21(19,20)16-9-12(3)15(17)8-13(16)4/h5-9,18H,1-4H3. The summed E-state index contributed by atoms with van der Waals surface area (Å²) < 4.78 is 27.7. The lowest BCUT2D eigenvalue weighted by Crippen LogP contribution is -2.14. The number of sulfonamides is 1. The average Bonchev–Trinajstić information content (AvgIpc) is 2.31. The number of nitrogens with one attached hydrogen (secondary N) is 1. The van der Waals surface area contributed by atoms with Crippen LogP contribution in [-0.4, -0.2) is 8.42 Å². The van der Waals surface area contributed by atoms with Crippen molar-refractivity contribution < 1.29 is 8.42 Å². The Bertz CT molecular complexity index is 778. The largest absolute Gasteiger partial charge is 0.280 e. The summed E-state index contributed by atoms with van der Waals surface area (Å²) >= 11 is 6.02.